The summed E-state index contributed by atoms with van der Waals surface area (Å²) >= 11 is 2.32. The van der Waals surface area contributed by atoms with Gasteiger partial charge < -0.3 is 0 Å². The zero-order valence-corrected chi connectivity index (χ0v) is 21.5. The lowest BCUT2D eigenvalue weighted by Gasteiger charge is -2.10. The highest BCUT2D eigenvalue weighted by atomic mass is 32.2. The van der Waals surface area contributed by atoms with Gasteiger partial charge in [0, 0.05) is 0 Å². The first-order valence-electron chi connectivity index (χ1n) is 9.43. The summed E-state index contributed by atoms with van der Waals surface area (Å²) in [6, 6.07) is 13.0. The number of sulfonamides is 2. The lowest BCUT2D eigenvalue weighted by Crippen LogP contribution is -2.29. The Morgan fingerprint density at radius 3 is 1.28 bits per heavy atom. The average Bonchev–Trinajstić information content (AvgIpc) is 2.75. The smallest absolute Gasteiger partial charge is 0.260 e. The van der Waals surface area contributed by atoms with E-state index >= 15 is 0 Å². The van der Waals surface area contributed by atoms with Gasteiger partial charge in [-0.1, -0.05) is 58.9 Å². The molecule has 0 spiro atoms. The molecule has 2 aromatic carbocycles. The van der Waals surface area contributed by atoms with Crippen LogP contribution in [0.5, 0.6) is 0 Å². The third-order valence-corrected chi connectivity index (χ3v) is 8.31. The third-order valence-electron chi connectivity index (χ3n) is 4.10. The van der Waals surface area contributed by atoms with Crippen molar-refractivity contribution in [3.8, 4) is 0 Å². The van der Waals surface area contributed by atoms with Crippen molar-refractivity contribution in [2.24, 2.45) is 9.98 Å². The summed E-state index contributed by atoms with van der Waals surface area (Å²) in [6.07, 6.45) is 3.42. The van der Waals surface area contributed by atoms with E-state index in [0.29, 0.717) is 0 Å². The van der Waals surface area contributed by atoms with Crippen molar-refractivity contribution in [1.82, 2.24) is 9.44 Å². The molecule has 0 heterocycles. The van der Waals surface area contributed by atoms with Crippen LogP contribution in [0.1, 0.15) is 11.1 Å². The second-order valence-corrected chi connectivity index (χ2v) is 11.6. The van der Waals surface area contributed by atoms with Gasteiger partial charge in [-0.3, -0.25) is 19.4 Å². The molecule has 0 atom stereocenters. The lowest BCUT2D eigenvalue weighted by atomic mass is 10.2. The van der Waals surface area contributed by atoms with E-state index in [2.05, 4.69) is 19.4 Å². The summed E-state index contributed by atoms with van der Waals surface area (Å²) in [5.74, 6) is 0. The maximum absolute atomic E-state index is 12.5. The number of aliphatic imine (C=N–C) groups is 2. The maximum atomic E-state index is 12.5. The van der Waals surface area contributed by atoms with Gasteiger partial charge in [-0.2, -0.15) is 0 Å². The Morgan fingerprint density at radius 1 is 0.688 bits per heavy atom. The van der Waals surface area contributed by atoms with Gasteiger partial charge in [0.05, 0.1) is 22.9 Å². The average molecular weight is 515 g/mol. The highest BCUT2D eigenvalue weighted by molar-refractivity contribution is 8.14. The number of hydrogen-bond donors (Lipinski definition) is 2. The van der Waals surface area contributed by atoms with Gasteiger partial charge in [-0.15, -0.1) is 0 Å². The topological polar surface area (TPSA) is 117 Å². The van der Waals surface area contributed by atoms with E-state index in [1.54, 1.807) is 36.8 Å². The lowest BCUT2D eigenvalue weighted by molar-refractivity contribution is 0.591. The molecule has 0 aliphatic rings. The molecule has 0 aromatic heterocycles. The summed E-state index contributed by atoms with van der Waals surface area (Å²) in [6.45, 7) is 4.12. The van der Waals surface area contributed by atoms with Gasteiger partial charge in [0.15, 0.2) is 10.3 Å². The summed E-state index contributed by atoms with van der Waals surface area (Å²) < 4.78 is 54.9. The van der Waals surface area contributed by atoms with Gasteiger partial charge in [-0.05, 0) is 50.6 Å². The first-order chi connectivity index (χ1) is 15.1. The van der Waals surface area contributed by atoms with Gasteiger partial charge in [0.1, 0.15) is 0 Å². The molecule has 8 nitrogen and oxygen atoms in total. The molecule has 12 heteroatoms. The Hall–Kier alpha value is -2.02. The van der Waals surface area contributed by atoms with Gasteiger partial charge >= 0.3 is 0 Å². The van der Waals surface area contributed by atoms with E-state index in [9.17, 15) is 16.8 Å². The number of hydrogen-bond acceptors (Lipinski definition) is 8. The van der Waals surface area contributed by atoms with Gasteiger partial charge in [0.2, 0.25) is 0 Å². The molecule has 0 saturated heterocycles. The molecule has 0 aliphatic heterocycles. The first-order valence-corrected chi connectivity index (χ1v) is 14.8. The van der Waals surface area contributed by atoms with E-state index in [4.69, 9.17) is 0 Å². The van der Waals surface area contributed by atoms with Crippen molar-refractivity contribution in [2.45, 2.75) is 23.6 Å². The number of rotatable bonds is 7. The molecule has 0 radical (unpaired) electrons. The Morgan fingerprint density at radius 2 is 1.00 bits per heavy atom. The Labute approximate surface area is 198 Å². The summed E-state index contributed by atoms with van der Waals surface area (Å²) in [4.78, 5) is 8.78. The van der Waals surface area contributed by atoms with Crippen LogP contribution in [0.2, 0.25) is 0 Å². The highest BCUT2D eigenvalue weighted by Crippen LogP contribution is 2.12. The minimum Gasteiger partial charge on any atom is -0.260 e. The monoisotopic (exact) mass is 514 g/mol. The minimum absolute atomic E-state index is 0.151. The fraction of sp³-hybridized carbons (Fsp3) is 0.300. The van der Waals surface area contributed by atoms with Gasteiger partial charge in [0.25, 0.3) is 20.0 Å². The summed E-state index contributed by atoms with van der Waals surface area (Å²) in [7, 11) is -7.47. The zero-order valence-electron chi connectivity index (χ0n) is 18.2. The predicted octanol–water partition coefficient (Wildman–Crippen LogP) is 3.00. The number of aryl methyl sites for hydroxylation is 2. The van der Waals surface area contributed by atoms with Crippen molar-refractivity contribution >= 4 is 53.9 Å². The van der Waals surface area contributed by atoms with E-state index < -0.39 is 20.0 Å². The second kappa shape index (κ2) is 11.7. The summed E-state index contributed by atoms with van der Waals surface area (Å²) in [5.41, 5.74) is 1.92. The number of benzene rings is 2. The molecule has 0 fully saturated rings. The molecule has 2 rings (SSSR count). The quantitative estimate of drug-likeness (QED) is 0.333. The Bertz CT molecular complexity index is 1080. The molecule has 0 saturated carbocycles. The Balaban J connectivity index is 2.01. The molecule has 2 aromatic rings. The molecule has 2 N–H and O–H groups in total. The van der Waals surface area contributed by atoms with Crippen LogP contribution in [0, 0.1) is 13.8 Å². The van der Waals surface area contributed by atoms with Crippen molar-refractivity contribution < 1.29 is 16.8 Å². The predicted molar refractivity (Wildman–Crippen MR) is 135 cm³/mol. The molecule has 0 unspecified atom stereocenters. The second-order valence-electron chi connectivity index (χ2n) is 6.62. The number of nitrogens with zero attached hydrogens (tertiary/aromatic N) is 2. The number of nitrogens with one attached hydrogen (secondary N) is 2. The van der Waals surface area contributed by atoms with Crippen molar-refractivity contribution in [3.05, 3.63) is 59.7 Å². The van der Waals surface area contributed by atoms with Crippen LogP contribution in [0.3, 0.4) is 0 Å². The standard InChI is InChI=1S/C20H26N4O4S4/c1-15-5-9-17(10-6-15)31(25,26)23-19(29-3)21-13-14-22-20(30-4)24-32(27,28)18-11-7-16(2)8-12-18/h5-12H,13-14H2,1-4H3,(H,21,23)(H,22,24). The van der Waals surface area contributed by atoms with Crippen molar-refractivity contribution in [1.29, 1.82) is 0 Å². The minimum atomic E-state index is -3.74. The van der Waals surface area contributed by atoms with Crippen LogP contribution < -0.4 is 9.44 Å². The molecule has 0 amide bonds. The van der Waals surface area contributed by atoms with E-state index in [0.717, 1.165) is 34.7 Å². The number of amidine groups is 2. The molecule has 174 valence electrons. The largest absolute Gasteiger partial charge is 0.263 e. The highest BCUT2D eigenvalue weighted by Gasteiger charge is 2.17. The Kier molecular flexibility index (Phi) is 9.62. The molecule has 0 bridgehead atoms. The normalized spacial score (nSPS) is 13.1. The molecule has 32 heavy (non-hydrogen) atoms. The van der Waals surface area contributed by atoms with Crippen molar-refractivity contribution in [2.75, 3.05) is 25.6 Å². The third kappa shape index (κ3) is 7.84. The first kappa shape index (κ1) is 26.2. The molecular formula is C20H26N4O4S4. The van der Waals surface area contributed by atoms with Crippen LogP contribution in [-0.4, -0.2) is 52.8 Å². The SMILES string of the molecule is CSC(=NCCN=C(NS(=O)(=O)c1ccc(C)cc1)SC)NS(=O)(=O)c1ccc(C)cc1. The van der Waals surface area contributed by atoms with E-state index in [1.165, 1.54) is 24.3 Å². The van der Waals surface area contributed by atoms with Crippen LogP contribution in [0.15, 0.2) is 68.3 Å². The van der Waals surface area contributed by atoms with Crippen molar-refractivity contribution in [3.63, 3.8) is 0 Å². The van der Waals surface area contributed by atoms with Gasteiger partial charge in [-0.25, -0.2) is 16.8 Å². The zero-order chi connectivity index (χ0) is 23.8. The van der Waals surface area contributed by atoms with Crippen LogP contribution >= 0.6 is 23.5 Å². The molecule has 0 aliphatic carbocycles. The fourth-order valence-electron chi connectivity index (χ4n) is 2.36. The maximum Gasteiger partial charge on any atom is 0.263 e. The van der Waals surface area contributed by atoms with E-state index in [1.807, 2.05) is 13.8 Å². The van der Waals surface area contributed by atoms with Crippen LogP contribution in [-0.2, 0) is 20.0 Å². The molecular weight excluding hydrogens is 489 g/mol. The van der Waals surface area contributed by atoms with Crippen LogP contribution in [0.25, 0.3) is 0 Å². The summed E-state index contributed by atoms with van der Waals surface area (Å²) in [5, 5.41) is 0.457. The number of thioether (sulfide) groups is 2. The fourth-order valence-corrected chi connectivity index (χ4v) is 5.94. The van der Waals surface area contributed by atoms with Crippen LogP contribution in [0.4, 0.5) is 0 Å². The van der Waals surface area contributed by atoms with E-state index in [-0.39, 0.29) is 33.2 Å².